The largest absolute Gasteiger partial charge is 0.462 e. The van der Waals surface area contributed by atoms with Gasteiger partial charge in [-0.05, 0) is 43.0 Å². The Morgan fingerprint density at radius 2 is 1.95 bits per heavy atom. The van der Waals surface area contributed by atoms with E-state index in [9.17, 15) is 9.18 Å². The number of aromatic nitrogens is 1. The smallest absolute Gasteiger partial charge is 0.339 e. The van der Waals surface area contributed by atoms with Gasteiger partial charge < -0.3 is 4.74 Å². The number of esters is 1. The molecule has 1 aromatic heterocycles. The van der Waals surface area contributed by atoms with Crippen molar-refractivity contribution in [2.75, 3.05) is 6.61 Å². The summed E-state index contributed by atoms with van der Waals surface area (Å²) in [7, 11) is 0. The Kier molecular flexibility index (Phi) is 4.82. The van der Waals surface area contributed by atoms with Gasteiger partial charge in [0.1, 0.15) is 5.82 Å². The first-order valence-corrected chi connectivity index (χ1v) is 6.55. The zero-order valence-electron chi connectivity index (χ0n) is 11.3. The molecule has 20 heavy (non-hydrogen) atoms. The number of carbonyl (C=O) groups excluding carboxylic acids is 1. The molecule has 0 atom stereocenters. The fourth-order valence-electron chi connectivity index (χ4n) is 2.00. The van der Waals surface area contributed by atoms with Crippen LogP contribution >= 0.6 is 0 Å². The SMILES string of the molecule is CCOC(=O)c1cnccc1CCc1ccccc1F. The lowest BCUT2D eigenvalue weighted by molar-refractivity contribution is 0.0524. The summed E-state index contributed by atoms with van der Waals surface area (Å²) in [4.78, 5) is 15.8. The van der Waals surface area contributed by atoms with E-state index in [1.54, 1.807) is 37.4 Å². The van der Waals surface area contributed by atoms with Crippen molar-refractivity contribution in [3.8, 4) is 0 Å². The van der Waals surface area contributed by atoms with Gasteiger partial charge in [-0.15, -0.1) is 0 Å². The van der Waals surface area contributed by atoms with Crippen molar-refractivity contribution in [1.82, 2.24) is 4.98 Å². The number of halogens is 1. The number of benzene rings is 1. The lowest BCUT2D eigenvalue weighted by Gasteiger charge is -2.08. The van der Waals surface area contributed by atoms with E-state index in [-0.39, 0.29) is 11.8 Å². The first kappa shape index (κ1) is 14.2. The molecule has 3 nitrogen and oxygen atoms in total. The van der Waals surface area contributed by atoms with Crippen LogP contribution in [0.5, 0.6) is 0 Å². The predicted molar refractivity (Wildman–Crippen MR) is 74.0 cm³/mol. The third-order valence-corrected chi connectivity index (χ3v) is 3.03. The fraction of sp³-hybridized carbons (Fsp3) is 0.250. The first-order chi connectivity index (χ1) is 9.72. The van der Waals surface area contributed by atoms with Gasteiger partial charge in [0.2, 0.25) is 0 Å². The van der Waals surface area contributed by atoms with E-state index in [0.717, 1.165) is 5.56 Å². The van der Waals surface area contributed by atoms with Crippen LogP contribution in [-0.4, -0.2) is 17.6 Å². The van der Waals surface area contributed by atoms with Crippen molar-refractivity contribution >= 4 is 5.97 Å². The lowest BCUT2D eigenvalue weighted by Crippen LogP contribution is -2.09. The molecule has 1 aromatic carbocycles. The van der Waals surface area contributed by atoms with Crippen LogP contribution in [-0.2, 0) is 17.6 Å². The van der Waals surface area contributed by atoms with Crippen molar-refractivity contribution < 1.29 is 13.9 Å². The van der Waals surface area contributed by atoms with Gasteiger partial charge in [0.05, 0.1) is 12.2 Å². The Morgan fingerprint density at radius 3 is 2.70 bits per heavy atom. The first-order valence-electron chi connectivity index (χ1n) is 6.55. The minimum atomic E-state index is -0.385. The molecular weight excluding hydrogens is 257 g/mol. The third kappa shape index (κ3) is 3.41. The second-order valence-corrected chi connectivity index (χ2v) is 4.34. The second kappa shape index (κ2) is 6.80. The summed E-state index contributed by atoms with van der Waals surface area (Å²) in [5.74, 6) is -0.608. The number of nitrogens with zero attached hydrogens (tertiary/aromatic N) is 1. The maximum atomic E-state index is 13.6. The van der Waals surface area contributed by atoms with Crippen LogP contribution in [0.4, 0.5) is 4.39 Å². The van der Waals surface area contributed by atoms with Gasteiger partial charge >= 0.3 is 5.97 Å². The van der Waals surface area contributed by atoms with E-state index in [4.69, 9.17) is 4.74 Å². The maximum Gasteiger partial charge on any atom is 0.339 e. The number of hydrogen-bond acceptors (Lipinski definition) is 3. The van der Waals surface area contributed by atoms with Gasteiger partial charge in [0, 0.05) is 12.4 Å². The van der Waals surface area contributed by atoms with Crippen LogP contribution in [0, 0.1) is 5.82 Å². The van der Waals surface area contributed by atoms with Crippen molar-refractivity contribution in [3.63, 3.8) is 0 Å². The number of carbonyl (C=O) groups is 1. The molecule has 0 saturated heterocycles. The van der Waals surface area contributed by atoms with Gasteiger partial charge in [-0.3, -0.25) is 4.98 Å². The zero-order chi connectivity index (χ0) is 14.4. The lowest BCUT2D eigenvalue weighted by atomic mass is 10.0. The topological polar surface area (TPSA) is 39.2 Å². The molecular formula is C16H16FNO2. The van der Waals surface area contributed by atoms with Gasteiger partial charge in [-0.2, -0.15) is 0 Å². The molecule has 104 valence electrons. The third-order valence-electron chi connectivity index (χ3n) is 3.03. The van der Waals surface area contributed by atoms with E-state index >= 15 is 0 Å². The molecule has 0 spiro atoms. The van der Waals surface area contributed by atoms with Crippen molar-refractivity contribution in [1.29, 1.82) is 0 Å². The summed E-state index contributed by atoms with van der Waals surface area (Å²) in [6.07, 6.45) is 4.22. The number of rotatable bonds is 5. The van der Waals surface area contributed by atoms with Crippen LogP contribution in [0.25, 0.3) is 0 Å². The molecule has 0 unspecified atom stereocenters. The summed E-state index contributed by atoms with van der Waals surface area (Å²) in [6, 6.07) is 8.42. The molecule has 0 aliphatic carbocycles. The molecule has 0 N–H and O–H groups in total. The summed E-state index contributed by atoms with van der Waals surface area (Å²) in [6.45, 7) is 2.08. The van der Waals surface area contributed by atoms with Crippen molar-refractivity contribution in [3.05, 3.63) is 65.2 Å². The average molecular weight is 273 g/mol. The molecule has 0 fully saturated rings. The molecule has 0 saturated carbocycles. The number of hydrogen-bond donors (Lipinski definition) is 0. The quantitative estimate of drug-likeness (QED) is 0.785. The predicted octanol–water partition coefficient (Wildman–Crippen LogP) is 3.18. The normalized spacial score (nSPS) is 10.3. The monoisotopic (exact) mass is 273 g/mol. The van der Waals surface area contributed by atoms with E-state index < -0.39 is 0 Å². The number of aryl methyl sites for hydroxylation is 2. The Labute approximate surface area is 117 Å². The zero-order valence-corrected chi connectivity index (χ0v) is 11.3. The summed E-state index contributed by atoms with van der Waals surface area (Å²) in [5, 5.41) is 0. The molecule has 0 aliphatic rings. The molecule has 0 radical (unpaired) electrons. The van der Waals surface area contributed by atoms with Gasteiger partial charge in [-0.1, -0.05) is 18.2 Å². The fourth-order valence-corrected chi connectivity index (χ4v) is 2.00. The Morgan fingerprint density at radius 1 is 1.20 bits per heavy atom. The van der Waals surface area contributed by atoms with Gasteiger partial charge in [0.25, 0.3) is 0 Å². The Bertz CT molecular complexity index is 599. The standard InChI is InChI=1S/C16H16FNO2/c1-2-20-16(19)14-11-18-10-9-12(14)7-8-13-5-3-4-6-15(13)17/h3-6,9-11H,2,7-8H2,1H3. The van der Waals surface area contributed by atoms with Crippen molar-refractivity contribution in [2.24, 2.45) is 0 Å². The van der Waals surface area contributed by atoms with Gasteiger partial charge in [-0.25, -0.2) is 9.18 Å². The van der Waals surface area contributed by atoms with Crippen LogP contribution in [0.2, 0.25) is 0 Å². The maximum absolute atomic E-state index is 13.6. The molecule has 0 aliphatic heterocycles. The molecule has 2 rings (SSSR count). The highest BCUT2D eigenvalue weighted by Crippen LogP contribution is 2.14. The summed E-state index contributed by atoms with van der Waals surface area (Å²) in [5.41, 5.74) is 1.91. The second-order valence-electron chi connectivity index (χ2n) is 4.34. The summed E-state index contributed by atoms with van der Waals surface area (Å²) < 4.78 is 18.6. The van der Waals surface area contributed by atoms with E-state index in [1.807, 2.05) is 0 Å². The molecule has 4 heteroatoms. The highest BCUT2D eigenvalue weighted by Gasteiger charge is 2.12. The number of pyridine rings is 1. The highest BCUT2D eigenvalue weighted by molar-refractivity contribution is 5.90. The Balaban J connectivity index is 2.14. The van der Waals surface area contributed by atoms with Crippen LogP contribution in [0.15, 0.2) is 42.7 Å². The van der Waals surface area contributed by atoms with Crippen LogP contribution in [0.1, 0.15) is 28.4 Å². The van der Waals surface area contributed by atoms with Crippen LogP contribution in [0.3, 0.4) is 0 Å². The van der Waals surface area contributed by atoms with E-state index in [2.05, 4.69) is 4.98 Å². The van der Waals surface area contributed by atoms with Crippen molar-refractivity contribution in [2.45, 2.75) is 19.8 Å². The van der Waals surface area contributed by atoms with E-state index in [0.29, 0.717) is 30.6 Å². The minimum absolute atomic E-state index is 0.223. The number of ether oxygens (including phenoxy) is 1. The van der Waals surface area contributed by atoms with Crippen LogP contribution < -0.4 is 0 Å². The molecule has 2 aromatic rings. The van der Waals surface area contributed by atoms with E-state index in [1.165, 1.54) is 12.3 Å². The summed E-state index contributed by atoms with van der Waals surface area (Å²) >= 11 is 0. The average Bonchev–Trinajstić information content (AvgIpc) is 2.47. The molecule has 0 amide bonds. The van der Waals surface area contributed by atoms with Gasteiger partial charge in [0.15, 0.2) is 0 Å². The minimum Gasteiger partial charge on any atom is -0.462 e. The highest BCUT2D eigenvalue weighted by atomic mass is 19.1. The molecule has 0 bridgehead atoms. The Hall–Kier alpha value is -2.23. The molecule has 1 heterocycles.